The third kappa shape index (κ3) is 6.62. The number of aliphatic hydroxyl groups is 1. The number of amides is 1. The first-order valence-electron chi connectivity index (χ1n) is 8.23. The molecule has 0 saturated heterocycles. The Balaban J connectivity index is 2.48. The van der Waals surface area contributed by atoms with Gasteiger partial charge in [-0.25, -0.2) is 0 Å². The fourth-order valence-corrected chi connectivity index (χ4v) is 3.34. The second kappa shape index (κ2) is 9.21. The minimum absolute atomic E-state index is 0.0399. The molecule has 0 heterocycles. The molecule has 1 aliphatic rings. The molecule has 4 heteroatoms. The summed E-state index contributed by atoms with van der Waals surface area (Å²) in [7, 11) is 1.63. The Labute approximate surface area is 129 Å². The molecule has 1 aliphatic carbocycles. The topological polar surface area (TPSA) is 75.3 Å². The van der Waals surface area contributed by atoms with E-state index in [1.165, 1.54) is 32.1 Å². The molecule has 0 spiro atoms. The smallest absolute Gasteiger partial charge is 0.223 e. The number of aliphatic hydroxyl groups excluding tert-OH is 1. The SMILES string of the molecule is C=C(C)C[C@H](C[C@H](O)[C@@H](N)CC1CCCCC1)C(=O)NC. The van der Waals surface area contributed by atoms with E-state index in [4.69, 9.17) is 5.73 Å². The molecule has 4 N–H and O–H groups in total. The highest BCUT2D eigenvalue weighted by atomic mass is 16.3. The summed E-state index contributed by atoms with van der Waals surface area (Å²) in [6.45, 7) is 5.77. The molecule has 0 aromatic carbocycles. The average Bonchev–Trinajstić information content (AvgIpc) is 2.46. The number of hydrogen-bond donors (Lipinski definition) is 3. The lowest BCUT2D eigenvalue weighted by Gasteiger charge is -2.28. The van der Waals surface area contributed by atoms with Gasteiger partial charge >= 0.3 is 0 Å². The molecule has 1 fully saturated rings. The van der Waals surface area contributed by atoms with Crippen molar-refractivity contribution in [1.29, 1.82) is 0 Å². The molecular weight excluding hydrogens is 264 g/mol. The van der Waals surface area contributed by atoms with Crippen LogP contribution in [-0.4, -0.2) is 30.2 Å². The van der Waals surface area contributed by atoms with Gasteiger partial charge in [-0.3, -0.25) is 4.79 Å². The predicted molar refractivity (Wildman–Crippen MR) is 86.8 cm³/mol. The number of carbonyl (C=O) groups excluding carboxylic acids is 1. The van der Waals surface area contributed by atoms with Gasteiger partial charge in [0, 0.05) is 19.0 Å². The fraction of sp³-hybridized carbons (Fsp3) is 0.824. The number of carbonyl (C=O) groups is 1. The zero-order valence-electron chi connectivity index (χ0n) is 13.6. The van der Waals surface area contributed by atoms with Crippen LogP contribution in [-0.2, 0) is 4.79 Å². The van der Waals surface area contributed by atoms with Gasteiger partial charge in [0.25, 0.3) is 0 Å². The maximum absolute atomic E-state index is 11.9. The Morgan fingerprint density at radius 2 is 2.00 bits per heavy atom. The van der Waals surface area contributed by atoms with E-state index in [-0.39, 0.29) is 17.9 Å². The zero-order valence-corrected chi connectivity index (χ0v) is 13.6. The second-order valence-corrected chi connectivity index (χ2v) is 6.68. The third-order valence-corrected chi connectivity index (χ3v) is 4.56. The van der Waals surface area contributed by atoms with Gasteiger partial charge in [0.05, 0.1) is 6.10 Å². The molecule has 0 aromatic rings. The van der Waals surface area contributed by atoms with E-state index in [0.29, 0.717) is 18.8 Å². The van der Waals surface area contributed by atoms with Gasteiger partial charge in [-0.15, -0.1) is 6.58 Å². The molecule has 21 heavy (non-hydrogen) atoms. The number of hydrogen-bond acceptors (Lipinski definition) is 3. The minimum atomic E-state index is -0.617. The molecule has 1 amide bonds. The van der Waals surface area contributed by atoms with Gasteiger partial charge in [0.1, 0.15) is 0 Å². The van der Waals surface area contributed by atoms with Gasteiger partial charge in [0.15, 0.2) is 0 Å². The summed E-state index contributed by atoms with van der Waals surface area (Å²) in [6.07, 6.45) is 7.62. The predicted octanol–water partition coefficient (Wildman–Crippen LogP) is 2.36. The Morgan fingerprint density at radius 1 is 1.38 bits per heavy atom. The molecule has 0 bridgehead atoms. The minimum Gasteiger partial charge on any atom is -0.391 e. The van der Waals surface area contributed by atoms with Crippen molar-refractivity contribution in [2.24, 2.45) is 17.6 Å². The summed E-state index contributed by atoms with van der Waals surface area (Å²) in [5.74, 6) is 0.366. The maximum atomic E-state index is 11.9. The van der Waals surface area contributed by atoms with Crippen molar-refractivity contribution in [2.75, 3.05) is 7.05 Å². The highest BCUT2D eigenvalue weighted by molar-refractivity contribution is 5.78. The van der Waals surface area contributed by atoms with E-state index in [0.717, 1.165) is 12.0 Å². The molecular formula is C17H32N2O2. The van der Waals surface area contributed by atoms with Gasteiger partial charge in [-0.2, -0.15) is 0 Å². The lowest BCUT2D eigenvalue weighted by molar-refractivity contribution is -0.125. The Kier molecular flexibility index (Phi) is 7.97. The Bertz CT molecular complexity index is 338. The van der Waals surface area contributed by atoms with Crippen LogP contribution in [0.4, 0.5) is 0 Å². The van der Waals surface area contributed by atoms with E-state index in [9.17, 15) is 9.90 Å². The second-order valence-electron chi connectivity index (χ2n) is 6.68. The quantitative estimate of drug-likeness (QED) is 0.602. The summed E-state index contributed by atoms with van der Waals surface area (Å²) in [5, 5.41) is 13.0. The van der Waals surface area contributed by atoms with Crippen LogP contribution in [0.25, 0.3) is 0 Å². The van der Waals surface area contributed by atoms with Gasteiger partial charge in [-0.1, -0.05) is 37.7 Å². The van der Waals surface area contributed by atoms with Crippen molar-refractivity contribution in [3.63, 3.8) is 0 Å². The van der Waals surface area contributed by atoms with Crippen LogP contribution >= 0.6 is 0 Å². The average molecular weight is 296 g/mol. The molecule has 4 nitrogen and oxygen atoms in total. The maximum Gasteiger partial charge on any atom is 0.223 e. The summed E-state index contributed by atoms with van der Waals surface area (Å²) < 4.78 is 0. The van der Waals surface area contributed by atoms with Crippen LogP contribution in [0.15, 0.2) is 12.2 Å². The van der Waals surface area contributed by atoms with Gasteiger partial charge in [0.2, 0.25) is 5.91 Å². The summed E-state index contributed by atoms with van der Waals surface area (Å²) in [5.41, 5.74) is 7.12. The number of rotatable bonds is 8. The highest BCUT2D eigenvalue weighted by Crippen LogP contribution is 2.28. The normalized spacial score (nSPS) is 20.6. The molecule has 0 unspecified atom stereocenters. The van der Waals surface area contributed by atoms with Crippen molar-refractivity contribution >= 4 is 5.91 Å². The molecule has 1 rings (SSSR count). The summed E-state index contributed by atoms with van der Waals surface area (Å²) in [4.78, 5) is 11.9. The van der Waals surface area contributed by atoms with E-state index < -0.39 is 6.10 Å². The lowest BCUT2D eigenvalue weighted by Crippen LogP contribution is -2.40. The van der Waals surface area contributed by atoms with Crippen LogP contribution in [0.2, 0.25) is 0 Å². The van der Waals surface area contributed by atoms with Gasteiger partial charge < -0.3 is 16.2 Å². The van der Waals surface area contributed by atoms with Crippen molar-refractivity contribution in [1.82, 2.24) is 5.32 Å². The van der Waals surface area contributed by atoms with Crippen LogP contribution in [0.3, 0.4) is 0 Å². The highest BCUT2D eigenvalue weighted by Gasteiger charge is 2.27. The van der Waals surface area contributed by atoms with E-state index in [1.54, 1.807) is 7.05 Å². The van der Waals surface area contributed by atoms with E-state index in [2.05, 4.69) is 11.9 Å². The van der Waals surface area contributed by atoms with Crippen LogP contribution in [0, 0.1) is 11.8 Å². The molecule has 0 aliphatic heterocycles. The van der Waals surface area contributed by atoms with Crippen LogP contribution < -0.4 is 11.1 Å². The third-order valence-electron chi connectivity index (χ3n) is 4.56. The number of nitrogens with one attached hydrogen (secondary N) is 1. The van der Waals surface area contributed by atoms with Crippen molar-refractivity contribution in [3.8, 4) is 0 Å². The number of nitrogens with two attached hydrogens (primary N) is 1. The molecule has 1 saturated carbocycles. The van der Waals surface area contributed by atoms with Crippen molar-refractivity contribution in [2.45, 2.75) is 70.4 Å². The van der Waals surface area contributed by atoms with Crippen LogP contribution in [0.5, 0.6) is 0 Å². The van der Waals surface area contributed by atoms with E-state index >= 15 is 0 Å². The fourth-order valence-electron chi connectivity index (χ4n) is 3.34. The first-order chi connectivity index (χ1) is 9.93. The lowest BCUT2D eigenvalue weighted by atomic mass is 9.82. The van der Waals surface area contributed by atoms with Crippen molar-refractivity contribution in [3.05, 3.63) is 12.2 Å². The first kappa shape index (κ1) is 18.2. The molecule has 0 aromatic heterocycles. The largest absolute Gasteiger partial charge is 0.391 e. The summed E-state index contributed by atoms with van der Waals surface area (Å²) in [6, 6.07) is -0.231. The van der Waals surface area contributed by atoms with Gasteiger partial charge in [-0.05, 0) is 32.1 Å². The Hall–Kier alpha value is -0.870. The standard InChI is InChI=1S/C17H32N2O2/c1-12(2)9-14(17(21)19-3)11-16(20)15(18)10-13-7-5-4-6-8-13/h13-16,20H,1,4-11,18H2,2-3H3,(H,19,21)/t14-,15+,16+/m1/s1. The molecule has 122 valence electrons. The molecule has 0 radical (unpaired) electrons. The van der Waals surface area contributed by atoms with Crippen molar-refractivity contribution < 1.29 is 9.90 Å². The monoisotopic (exact) mass is 296 g/mol. The number of allylic oxidation sites excluding steroid dienone is 1. The zero-order chi connectivity index (χ0) is 15.8. The van der Waals surface area contributed by atoms with Crippen LogP contribution in [0.1, 0.15) is 58.3 Å². The molecule has 3 atom stereocenters. The first-order valence-corrected chi connectivity index (χ1v) is 8.23. The Morgan fingerprint density at radius 3 is 2.52 bits per heavy atom. The summed E-state index contributed by atoms with van der Waals surface area (Å²) >= 11 is 0. The van der Waals surface area contributed by atoms with E-state index in [1.807, 2.05) is 6.92 Å².